The highest BCUT2D eigenvalue weighted by atomic mass is 32.2. The van der Waals surface area contributed by atoms with Crippen LogP contribution in [0.5, 0.6) is 0 Å². The molecule has 5 heteroatoms. The standard InChI is InChI=1S/C14H18N2O2S/c1-10(7-17)8-19-9-12-6-13(18)16-5-3-4-11(2)14(16)15-12/h3-6,10,17H,7-9H2,1-2H3. The summed E-state index contributed by atoms with van der Waals surface area (Å²) in [6.07, 6.45) is 1.74. The topological polar surface area (TPSA) is 54.6 Å². The van der Waals surface area contributed by atoms with Gasteiger partial charge >= 0.3 is 0 Å². The Hall–Kier alpha value is -1.33. The van der Waals surface area contributed by atoms with E-state index < -0.39 is 0 Å². The first kappa shape index (κ1) is 14.1. The maximum atomic E-state index is 12.0. The van der Waals surface area contributed by atoms with Crippen LogP contribution in [0.25, 0.3) is 5.65 Å². The van der Waals surface area contributed by atoms with Gasteiger partial charge in [0.2, 0.25) is 0 Å². The highest BCUT2D eigenvalue weighted by molar-refractivity contribution is 7.98. The van der Waals surface area contributed by atoms with Crippen LogP contribution in [0, 0.1) is 12.8 Å². The van der Waals surface area contributed by atoms with Crippen LogP contribution in [0.15, 0.2) is 29.2 Å². The van der Waals surface area contributed by atoms with Crippen molar-refractivity contribution in [2.45, 2.75) is 19.6 Å². The van der Waals surface area contributed by atoms with E-state index in [0.717, 1.165) is 22.7 Å². The SMILES string of the molecule is Cc1cccn2c(=O)cc(CSCC(C)CO)nc12. The number of aromatic nitrogens is 2. The van der Waals surface area contributed by atoms with E-state index in [2.05, 4.69) is 4.98 Å². The Morgan fingerprint density at radius 1 is 1.53 bits per heavy atom. The van der Waals surface area contributed by atoms with Gasteiger partial charge in [-0.1, -0.05) is 13.0 Å². The van der Waals surface area contributed by atoms with E-state index in [9.17, 15) is 4.79 Å². The molecule has 0 radical (unpaired) electrons. The molecule has 0 saturated heterocycles. The number of aliphatic hydroxyl groups is 1. The largest absolute Gasteiger partial charge is 0.396 e. The lowest BCUT2D eigenvalue weighted by molar-refractivity contribution is 0.250. The zero-order chi connectivity index (χ0) is 13.8. The second-order valence-electron chi connectivity index (χ2n) is 4.77. The molecule has 1 unspecified atom stereocenters. The summed E-state index contributed by atoms with van der Waals surface area (Å²) in [5.41, 5.74) is 2.48. The van der Waals surface area contributed by atoms with Crippen LogP contribution in [0.4, 0.5) is 0 Å². The van der Waals surface area contributed by atoms with Crippen molar-refractivity contribution in [1.29, 1.82) is 0 Å². The van der Waals surface area contributed by atoms with E-state index in [0.29, 0.717) is 5.75 Å². The number of aryl methyl sites for hydroxylation is 1. The number of fused-ring (bicyclic) bond motifs is 1. The first-order valence-corrected chi connectivity index (χ1v) is 7.44. The number of nitrogens with zero attached hydrogens (tertiary/aromatic N) is 2. The minimum atomic E-state index is -0.0421. The van der Waals surface area contributed by atoms with Crippen LogP contribution in [-0.2, 0) is 5.75 Å². The van der Waals surface area contributed by atoms with Crippen molar-refractivity contribution in [2.75, 3.05) is 12.4 Å². The molecular formula is C14H18N2O2S. The molecule has 0 spiro atoms. The molecule has 19 heavy (non-hydrogen) atoms. The Kier molecular flexibility index (Phi) is 4.61. The van der Waals surface area contributed by atoms with Crippen LogP contribution < -0.4 is 5.56 Å². The van der Waals surface area contributed by atoms with Crippen molar-refractivity contribution in [3.05, 3.63) is 46.0 Å². The molecular weight excluding hydrogens is 260 g/mol. The van der Waals surface area contributed by atoms with Gasteiger partial charge in [-0.2, -0.15) is 11.8 Å². The first-order valence-electron chi connectivity index (χ1n) is 6.28. The van der Waals surface area contributed by atoms with Gasteiger partial charge in [0.05, 0.1) is 5.69 Å². The number of hydrogen-bond donors (Lipinski definition) is 1. The van der Waals surface area contributed by atoms with Crippen LogP contribution in [0.2, 0.25) is 0 Å². The zero-order valence-electron chi connectivity index (χ0n) is 11.2. The summed E-state index contributed by atoms with van der Waals surface area (Å²) < 4.78 is 1.57. The first-order chi connectivity index (χ1) is 9.11. The molecule has 0 aromatic carbocycles. The Balaban J connectivity index is 2.21. The van der Waals surface area contributed by atoms with Crippen LogP contribution in [-0.4, -0.2) is 26.9 Å². The summed E-state index contributed by atoms with van der Waals surface area (Å²) in [5.74, 6) is 1.84. The highest BCUT2D eigenvalue weighted by Gasteiger charge is 2.06. The molecule has 1 N–H and O–H groups in total. The van der Waals surface area contributed by atoms with Crippen molar-refractivity contribution >= 4 is 17.4 Å². The second kappa shape index (κ2) is 6.21. The predicted octanol–water partition coefficient (Wildman–Crippen LogP) is 1.86. The molecule has 2 rings (SSSR count). The van der Waals surface area contributed by atoms with Crippen LogP contribution in [0.3, 0.4) is 0 Å². The Bertz CT molecular complexity index is 624. The molecule has 1 atom stereocenters. The van der Waals surface area contributed by atoms with E-state index in [-0.39, 0.29) is 18.1 Å². The summed E-state index contributed by atoms with van der Waals surface area (Å²) in [6.45, 7) is 4.15. The quantitative estimate of drug-likeness (QED) is 0.907. The third-order valence-corrected chi connectivity index (χ3v) is 4.21. The molecule has 0 aliphatic carbocycles. The number of hydrogen-bond acceptors (Lipinski definition) is 4. The van der Waals surface area contributed by atoms with Crippen LogP contribution in [0.1, 0.15) is 18.2 Å². The van der Waals surface area contributed by atoms with E-state index in [1.807, 2.05) is 26.0 Å². The zero-order valence-corrected chi connectivity index (χ0v) is 12.0. The fourth-order valence-corrected chi connectivity index (χ4v) is 2.78. The lowest BCUT2D eigenvalue weighted by atomic mass is 10.2. The molecule has 0 aliphatic heterocycles. The lowest BCUT2D eigenvalue weighted by Crippen LogP contribution is -2.16. The van der Waals surface area contributed by atoms with E-state index >= 15 is 0 Å². The second-order valence-corrected chi connectivity index (χ2v) is 5.80. The summed E-state index contributed by atoms with van der Waals surface area (Å²) in [6, 6.07) is 5.39. The molecule has 0 fully saturated rings. The van der Waals surface area contributed by atoms with Gasteiger partial charge in [0, 0.05) is 24.6 Å². The van der Waals surface area contributed by atoms with E-state index in [4.69, 9.17) is 5.11 Å². The molecule has 102 valence electrons. The molecule has 4 nitrogen and oxygen atoms in total. The van der Waals surface area contributed by atoms with Gasteiger partial charge in [0.25, 0.3) is 5.56 Å². The van der Waals surface area contributed by atoms with Crippen LogP contribution >= 0.6 is 11.8 Å². The minimum Gasteiger partial charge on any atom is -0.396 e. The fourth-order valence-electron chi connectivity index (χ4n) is 1.80. The van der Waals surface area contributed by atoms with Gasteiger partial charge in [-0.05, 0) is 30.2 Å². The average molecular weight is 278 g/mol. The summed E-state index contributed by atoms with van der Waals surface area (Å²) >= 11 is 1.69. The third-order valence-electron chi connectivity index (χ3n) is 2.90. The van der Waals surface area contributed by atoms with E-state index in [1.54, 1.807) is 28.4 Å². The summed E-state index contributed by atoms with van der Waals surface area (Å²) in [4.78, 5) is 16.5. The third kappa shape index (κ3) is 3.36. The Morgan fingerprint density at radius 2 is 2.32 bits per heavy atom. The van der Waals surface area contributed by atoms with E-state index in [1.165, 1.54) is 0 Å². The number of rotatable bonds is 5. The normalized spacial score (nSPS) is 12.8. The molecule has 0 aliphatic rings. The Morgan fingerprint density at radius 3 is 3.05 bits per heavy atom. The molecule has 0 bridgehead atoms. The van der Waals surface area contributed by atoms with Crippen molar-refractivity contribution < 1.29 is 5.11 Å². The van der Waals surface area contributed by atoms with Gasteiger partial charge in [0.15, 0.2) is 0 Å². The van der Waals surface area contributed by atoms with Gasteiger partial charge in [-0.15, -0.1) is 0 Å². The maximum Gasteiger partial charge on any atom is 0.258 e. The van der Waals surface area contributed by atoms with Crippen molar-refractivity contribution in [3.63, 3.8) is 0 Å². The molecule has 0 saturated carbocycles. The molecule has 2 aromatic rings. The number of aliphatic hydroxyl groups excluding tert-OH is 1. The predicted molar refractivity (Wildman–Crippen MR) is 78.6 cm³/mol. The fraction of sp³-hybridized carbons (Fsp3) is 0.429. The number of thioether (sulfide) groups is 1. The lowest BCUT2D eigenvalue weighted by Gasteiger charge is -2.08. The maximum absolute atomic E-state index is 12.0. The number of pyridine rings is 1. The van der Waals surface area contributed by atoms with Gasteiger partial charge in [0.1, 0.15) is 5.65 Å². The molecule has 0 amide bonds. The van der Waals surface area contributed by atoms with Gasteiger partial charge in [-0.3, -0.25) is 9.20 Å². The Labute approximate surface area is 116 Å². The van der Waals surface area contributed by atoms with Crippen molar-refractivity contribution in [1.82, 2.24) is 9.38 Å². The monoisotopic (exact) mass is 278 g/mol. The van der Waals surface area contributed by atoms with Gasteiger partial charge < -0.3 is 5.11 Å². The van der Waals surface area contributed by atoms with Gasteiger partial charge in [-0.25, -0.2) is 4.98 Å². The molecule has 2 heterocycles. The highest BCUT2D eigenvalue weighted by Crippen LogP contribution is 2.14. The average Bonchev–Trinajstić information content (AvgIpc) is 2.40. The smallest absolute Gasteiger partial charge is 0.258 e. The van der Waals surface area contributed by atoms with Crippen molar-refractivity contribution in [2.24, 2.45) is 5.92 Å². The minimum absolute atomic E-state index is 0.0421. The summed E-state index contributed by atoms with van der Waals surface area (Å²) in [5, 5.41) is 8.97. The summed E-state index contributed by atoms with van der Waals surface area (Å²) in [7, 11) is 0. The molecule has 2 aromatic heterocycles. The van der Waals surface area contributed by atoms with Crippen molar-refractivity contribution in [3.8, 4) is 0 Å².